The lowest BCUT2D eigenvalue weighted by Crippen LogP contribution is -2.29. The highest BCUT2D eigenvalue weighted by Gasteiger charge is 2.06. The predicted octanol–water partition coefficient (Wildman–Crippen LogP) is 3.12. The van der Waals surface area contributed by atoms with Crippen molar-refractivity contribution < 1.29 is 4.74 Å². The molecule has 18 heavy (non-hydrogen) atoms. The van der Waals surface area contributed by atoms with Crippen LogP contribution in [-0.4, -0.2) is 24.7 Å². The molecule has 1 N–H and O–H groups in total. The molecule has 0 aliphatic heterocycles. The second-order valence-corrected chi connectivity index (χ2v) is 5.20. The lowest BCUT2D eigenvalue weighted by Gasteiger charge is -2.14. The second-order valence-electron chi connectivity index (χ2n) is 4.34. The highest BCUT2D eigenvalue weighted by molar-refractivity contribution is 9.10. The summed E-state index contributed by atoms with van der Waals surface area (Å²) in [5, 5.41) is 4.58. The molecule has 0 aliphatic carbocycles. The van der Waals surface area contributed by atoms with Crippen LogP contribution in [0, 0.1) is 0 Å². The van der Waals surface area contributed by atoms with Crippen molar-refractivity contribution in [2.24, 2.45) is 0 Å². The molecule has 1 aromatic carbocycles. The summed E-state index contributed by atoms with van der Waals surface area (Å²) in [7, 11) is 1.72. The zero-order valence-corrected chi connectivity index (χ0v) is 12.2. The lowest BCUT2D eigenvalue weighted by atomic mass is 10.1. The quantitative estimate of drug-likeness (QED) is 0.921. The first-order valence-corrected chi connectivity index (χ1v) is 6.76. The van der Waals surface area contributed by atoms with Crippen LogP contribution in [0.1, 0.15) is 12.5 Å². The molecule has 0 saturated heterocycles. The fourth-order valence-corrected chi connectivity index (χ4v) is 2.38. The summed E-state index contributed by atoms with van der Waals surface area (Å²) in [6.07, 6.45) is 1.83. The van der Waals surface area contributed by atoms with E-state index in [2.05, 4.69) is 51.4 Å². The molecule has 2 aromatic rings. The maximum Gasteiger partial charge on any atom is 0.0758 e. The van der Waals surface area contributed by atoms with Gasteiger partial charge in [-0.2, -0.15) is 0 Å². The van der Waals surface area contributed by atoms with E-state index in [1.54, 1.807) is 7.11 Å². The van der Waals surface area contributed by atoms with Gasteiger partial charge in [0.15, 0.2) is 0 Å². The summed E-state index contributed by atoms with van der Waals surface area (Å²) in [5.74, 6) is 0. The molecular formula is C14H17BrN2O. The van der Waals surface area contributed by atoms with E-state index in [1.807, 2.05) is 12.3 Å². The van der Waals surface area contributed by atoms with Crippen molar-refractivity contribution in [1.29, 1.82) is 0 Å². The zero-order chi connectivity index (χ0) is 13.0. The van der Waals surface area contributed by atoms with Crippen LogP contribution < -0.4 is 5.32 Å². The SMILES string of the molecule is COCC(C)NCc1ccc(Br)c2cccnc12. The van der Waals surface area contributed by atoms with Crippen molar-refractivity contribution in [3.05, 3.63) is 40.5 Å². The Bertz CT molecular complexity index is 530. The number of hydrogen-bond donors (Lipinski definition) is 1. The van der Waals surface area contributed by atoms with Crippen molar-refractivity contribution in [1.82, 2.24) is 10.3 Å². The maximum absolute atomic E-state index is 5.11. The van der Waals surface area contributed by atoms with Crippen LogP contribution in [0.15, 0.2) is 34.9 Å². The number of fused-ring (bicyclic) bond motifs is 1. The Labute approximate surface area is 116 Å². The number of hydrogen-bond acceptors (Lipinski definition) is 3. The number of benzene rings is 1. The van der Waals surface area contributed by atoms with Gasteiger partial charge in [-0.3, -0.25) is 4.98 Å². The Morgan fingerprint density at radius 3 is 3.00 bits per heavy atom. The van der Waals surface area contributed by atoms with Crippen molar-refractivity contribution >= 4 is 26.8 Å². The average molecular weight is 309 g/mol. The third-order valence-corrected chi connectivity index (χ3v) is 3.55. The van der Waals surface area contributed by atoms with Gasteiger partial charge in [-0.1, -0.05) is 28.1 Å². The van der Waals surface area contributed by atoms with Crippen LogP contribution in [-0.2, 0) is 11.3 Å². The smallest absolute Gasteiger partial charge is 0.0758 e. The minimum absolute atomic E-state index is 0.331. The molecule has 1 heterocycles. The molecule has 0 spiro atoms. The van der Waals surface area contributed by atoms with Crippen LogP contribution in [0.4, 0.5) is 0 Å². The van der Waals surface area contributed by atoms with Crippen LogP contribution >= 0.6 is 15.9 Å². The number of ether oxygens (including phenoxy) is 1. The normalized spacial score (nSPS) is 12.8. The molecule has 1 atom stereocenters. The first-order chi connectivity index (χ1) is 8.72. The van der Waals surface area contributed by atoms with E-state index in [4.69, 9.17) is 4.74 Å². The topological polar surface area (TPSA) is 34.1 Å². The van der Waals surface area contributed by atoms with E-state index in [1.165, 1.54) is 5.56 Å². The van der Waals surface area contributed by atoms with Crippen LogP contribution in [0.3, 0.4) is 0 Å². The number of methoxy groups -OCH3 is 1. The van der Waals surface area contributed by atoms with Crippen molar-refractivity contribution in [3.8, 4) is 0 Å². The molecule has 96 valence electrons. The molecule has 4 heteroatoms. The molecule has 0 aliphatic rings. The number of rotatable bonds is 5. The summed E-state index contributed by atoms with van der Waals surface area (Å²) in [6, 6.07) is 8.54. The van der Waals surface area contributed by atoms with E-state index < -0.39 is 0 Å². The minimum Gasteiger partial charge on any atom is -0.383 e. The van der Waals surface area contributed by atoms with Gasteiger partial charge in [-0.05, 0) is 24.6 Å². The molecule has 0 saturated carbocycles. The van der Waals surface area contributed by atoms with E-state index in [0.29, 0.717) is 12.6 Å². The highest BCUT2D eigenvalue weighted by atomic mass is 79.9. The zero-order valence-electron chi connectivity index (χ0n) is 10.6. The molecule has 1 unspecified atom stereocenters. The first kappa shape index (κ1) is 13.5. The predicted molar refractivity (Wildman–Crippen MR) is 77.6 cm³/mol. The monoisotopic (exact) mass is 308 g/mol. The third-order valence-electron chi connectivity index (χ3n) is 2.86. The van der Waals surface area contributed by atoms with Gasteiger partial charge in [0.05, 0.1) is 12.1 Å². The number of halogens is 1. The lowest BCUT2D eigenvalue weighted by molar-refractivity contribution is 0.172. The Balaban J connectivity index is 2.21. The van der Waals surface area contributed by atoms with Crippen molar-refractivity contribution in [3.63, 3.8) is 0 Å². The maximum atomic E-state index is 5.11. The minimum atomic E-state index is 0.331. The molecule has 2 rings (SSSR count). The van der Waals surface area contributed by atoms with Gasteiger partial charge in [-0.15, -0.1) is 0 Å². The van der Waals surface area contributed by atoms with Gasteiger partial charge in [0.1, 0.15) is 0 Å². The molecule has 0 amide bonds. The molecule has 0 bridgehead atoms. The van der Waals surface area contributed by atoms with Crippen LogP contribution in [0.25, 0.3) is 10.9 Å². The molecular weight excluding hydrogens is 292 g/mol. The van der Waals surface area contributed by atoms with E-state index in [0.717, 1.165) is 21.9 Å². The van der Waals surface area contributed by atoms with Gasteiger partial charge in [0.25, 0.3) is 0 Å². The average Bonchev–Trinajstić information content (AvgIpc) is 2.39. The van der Waals surface area contributed by atoms with E-state index in [-0.39, 0.29) is 0 Å². The fraction of sp³-hybridized carbons (Fsp3) is 0.357. The second kappa shape index (κ2) is 6.27. The Hall–Kier alpha value is -0.970. The summed E-state index contributed by atoms with van der Waals surface area (Å²) in [4.78, 5) is 4.46. The van der Waals surface area contributed by atoms with Gasteiger partial charge >= 0.3 is 0 Å². The van der Waals surface area contributed by atoms with Gasteiger partial charge < -0.3 is 10.1 Å². The number of nitrogens with one attached hydrogen (secondary N) is 1. The van der Waals surface area contributed by atoms with Crippen LogP contribution in [0.2, 0.25) is 0 Å². The molecule has 0 radical (unpaired) electrons. The summed E-state index contributed by atoms with van der Waals surface area (Å²) in [5.41, 5.74) is 2.25. The summed E-state index contributed by atoms with van der Waals surface area (Å²) < 4.78 is 6.20. The number of nitrogens with zero attached hydrogens (tertiary/aromatic N) is 1. The standard InChI is InChI=1S/C14H17BrN2O/c1-10(9-18-2)17-8-11-5-6-13(15)12-4-3-7-16-14(11)12/h3-7,10,17H,8-9H2,1-2H3. The van der Waals surface area contributed by atoms with Crippen molar-refractivity contribution in [2.75, 3.05) is 13.7 Å². The molecule has 1 aromatic heterocycles. The van der Waals surface area contributed by atoms with Crippen molar-refractivity contribution in [2.45, 2.75) is 19.5 Å². The van der Waals surface area contributed by atoms with Crippen LogP contribution in [0.5, 0.6) is 0 Å². The highest BCUT2D eigenvalue weighted by Crippen LogP contribution is 2.25. The Kier molecular flexibility index (Phi) is 4.69. The Morgan fingerprint density at radius 1 is 1.39 bits per heavy atom. The van der Waals surface area contributed by atoms with E-state index in [9.17, 15) is 0 Å². The summed E-state index contributed by atoms with van der Waals surface area (Å²) in [6.45, 7) is 3.62. The largest absolute Gasteiger partial charge is 0.383 e. The van der Waals surface area contributed by atoms with Gasteiger partial charge in [0.2, 0.25) is 0 Å². The fourth-order valence-electron chi connectivity index (χ4n) is 1.93. The molecule has 3 nitrogen and oxygen atoms in total. The number of pyridine rings is 1. The van der Waals surface area contributed by atoms with E-state index >= 15 is 0 Å². The van der Waals surface area contributed by atoms with Gasteiger partial charge in [-0.25, -0.2) is 0 Å². The molecule has 0 fully saturated rings. The first-order valence-electron chi connectivity index (χ1n) is 5.97. The van der Waals surface area contributed by atoms with Gasteiger partial charge in [0, 0.05) is 35.8 Å². The third kappa shape index (κ3) is 3.07. The Morgan fingerprint density at radius 2 is 2.22 bits per heavy atom. The summed E-state index contributed by atoms with van der Waals surface area (Å²) >= 11 is 3.56. The number of aromatic nitrogens is 1.